The van der Waals surface area contributed by atoms with E-state index in [1.165, 1.54) is 33.4 Å². The second-order valence-corrected chi connectivity index (χ2v) is 18.4. The first-order valence-electron chi connectivity index (χ1n) is 15.5. The lowest BCUT2D eigenvalue weighted by atomic mass is 9.78. The van der Waals surface area contributed by atoms with Crippen molar-refractivity contribution >= 4 is 17.2 Å². The molecule has 43 heavy (non-hydrogen) atoms. The Kier molecular flexibility index (Phi) is 10.3. The quantitative estimate of drug-likeness (QED) is 0.296. The first kappa shape index (κ1) is 34.6. The van der Waals surface area contributed by atoms with Crippen molar-refractivity contribution in [3.8, 4) is 11.5 Å². The summed E-state index contributed by atoms with van der Waals surface area (Å²) < 4.78 is 38.2. The van der Waals surface area contributed by atoms with Crippen LogP contribution >= 0.6 is 17.2 Å². The molecule has 0 N–H and O–H groups in total. The highest BCUT2D eigenvalue weighted by Gasteiger charge is 2.46. The zero-order valence-corrected chi connectivity index (χ0v) is 30.6. The largest absolute Gasteiger partial charge is 0.426 e. The molecule has 2 aromatic carbocycles. The predicted molar refractivity (Wildman–Crippen MR) is 178 cm³/mol. The van der Waals surface area contributed by atoms with Gasteiger partial charge in [-0.2, -0.15) is 0 Å². The number of hydrogen-bond donors (Lipinski definition) is 0. The van der Waals surface area contributed by atoms with Gasteiger partial charge in [-0.05, 0) is 48.0 Å². The zero-order valence-electron chi connectivity index (χ0n) is 28.8. The van der Waals surface area contributed by atoms with Gasteiger partial charge >= 0.3 is 17.2 Å². The van der Waals surface area contributed by atoms with Crippen LogP contribution in [0.25, 0.3) is 0 Å². The predicted octanol–water partition coefficient (Wildman–Crippen LogP) is 10.4. The average molecular weight is 633 g/mol. The van der Waals surface area contributed by atoms with Crippen molar-refractivity contribution in [2.24, 2.45) is 11.3 Å². The lowest BCUT2D eigenvalue weighted by Gasteiger charge is -2.42. The van der Waals surface area contributed by atoms with Gasteiger partial charge in [0.05, 0.1) is 31.8 Å². The van der Waals surface area contributed by atoms with Gasteiger partial charge in [-0.15, -0.1) is 0 Å². The molecule has 0 amide bonds. The van der Waals surface area contributed by atoms with E-state index in [-0.39, 0.29) is 16.2 Å². The van der Waals surface area contributed by atoms with Crippen molar-refractivity contribution in [1.82, 2.24) is 0 Å². The van der Waals surface area contributed by atoms with E-state index in [2.05, 4.69) is 114 Å². The van der Waals surface area contributed by atoms with Gasteiger partial charge in [0, 0.05) is 16.7 Å². The first-order valence-corrected chi connectivity index (χ1v) is 17.7. The van der Waals surface area contributed by atoms with Crippen molar-refractivity contribution in [3.63, 3.8) is 0 Å². The molecule has 2 aliphatic rings. The molecule has 0 bridgehead atoms. The molecule has 2 aliphatic heterocycles. The van der Waals surface area contributed by atoms with Crippen LogP contribution in [0.5, 0.6) is 11.5 Å². The lowest BCUT2D eigenvalue weighted by molar-refractivity contribution is -0.0674. The molecular weight excluding hydrogens is 578 g/mol. The van der Waals surface area contributed by atoms with Crippen LogP contribution in [0.3, 0.4) is 0 Å². The summed E-state index contributed by atoms with van der Waals surface area (Å²) in [6.45, 7) is 30.5. The first-order chi connectivity index (χ1) is 19.8. The van der Waals surface area contributed by atoms with Gasteiger partial charge in [0.25, 0.3) is 0 Å². The average Bonchev–Trinajstić information content (AvgIpc) is 2.86. The maximum Gasteiger partial charge on any atom is 0.397 e. The Morgan fingerprint density at radius 1 is 0.628 bits per heavy atom. The monoisotopic (exact) mass is 632 g/mol. The third kappa shape index (κ3) is 8.51. The van der Waals surface area contributed by atoms with Crippen molar-refractivity contribution < 1.29 is 27.1 Å². The Balaban J connectivity index is 1.45. The van der Waals surface area contributed by atoms with E-state index in [1.54, 1.807) is 0 Å². The van der Waals surface area contributed by atoms with Gasteiger partial charge in [0.15, 0.2) is 0 Å². The third-order valence-electron chi connectivity index (χ3n) is 7.83. The van der Waals surface area contributed by atoms with Crippen molar-refractivity contribution in [1.29, 1.82) is 0 Å². The summed E-state index contributed by atoms with van der Waals surface area (Å²) in [6, 6.07) is 8.92. The molecular formula is C35H54O6P2. The summed E-state index contributed by atoms with van der Waals surface area (Å²) in [7, 11) is -3.10. The minimum atomic E-state index is -1.56. The SMILES string of the molecule is Cc1cc(CC(C)C)c(OP2OCC3(CO2)COP(Oc2c(C(C)(C)C)cc(C)cc2C(C)(C)C)OC3)c(C(C)(C)C)c1. The lowest BCUT2D eigenvalue weighted by Crippen LogP contribution is -2.45. The van der Waals surface area contributed by atoms with Gasteiger partial charge in [-0.1, -0.05) is 112 Å². The minimum absolute atomic E-state index is 0.0706. The second-order valence-electron chi connectivity index (χ2n) is 16.1. The standard InChI is InChI=1S/C35H54O6P2/c1-23(2)14-26-15-24(3)16-27(32(5,6)7)30(26)40-42-36-19-35(20-37-42)21-38-43(39-22-35)41-31-28(33(8,9)10)17-25(4)18-29(31)34(11,12)13/h15-18,23H,14,19-22H2,1-13H3. The molecule has 0 atom stereocenters. The molecule has 240 valence electrons. The van der Waals surface area contributed by atoms with Crippen LogP contribution < -0.4 is 9.05 Å². The van der Waals surface area contributed by atoms with Gasteiger partial charge < -0.3 is 27.1 Å². The highest BCUT2D eigenvalue weighted by molar-refractivity contribution is 7.42. The molecule has 2 fully saturated rings. The molecule has 0 aromatic heterocycles. The maximum absolute atomic E-state index is 6.58. The number of rotatable bonds is 6. The van der Waals surface area contributed by atoms with E-state index >= 15 is 0 Å². The fourth-order valence-corrected chi connectivity index (χ4v) is 8.02. The molecule has 0 unspecified atom stereocenters. The van der Waals surface area contributed by atoms with Crippen LogP contribution in [0.4, 0.5) is 0 Å². The van der Waals surface area contributed by atoms with Crippen LogP contribution in [-0.4, -0.2) is 26.4 Å². The Hall–Kier alpha value is -1.26. The van der Waals surface area contributed by atoms with Gasteiger partial charge in [-0.3, -0.25) is 0 Å². The molecule has 4 rings (SSSR count). The van der Waals surface area contributed by atoms with Crippen molar-refractivity contribution in [3.05, 3.63) is 57.6 Å². The van der Waals surface area contributed by atoms with Crippen LogP contribution in [0.15, 0.2) is 24.3 Å². The summed E-state index contributed by atoms with van der Waals surface area (Å²) in [4.78, 5) is 0. The fourth-order valence-electron chi connectivity index (χ4n) is 5.43. The van der Waals surface area contributed by atoms with Crippen molar-refractivity contribution in [2.45, 2.75) is 113 Å². The highest BCUT2D eigenvalue weighted by atomic mass is 31.2. The third-order valence-corrected chi connectivity index (χ3v) is 9.85. The summed E-state index contributed by atoms with van der Waals surface area (Å²) in [5.41, 5.74) is 6.57. The molecule has 6 nitrogen and oxygen atoms in total. The van der Waals surface area contributed by atoms with E-state index in [0.717, 1.165) is 17.9 Å². The molecule has 2 heterocycles. The van der Waals surface area contributed by atoms with E-state index in [9.17, 15) is 0 Å². The molecule has 0 radical (unpaired) electrons. The van der Waals surface area contributed by atoms with Crippen LogP contribution in [0.2, 0.25) is 0 Å². The normalized spacial score (nSPS) is 23.6. The second kappa shape index (κ2) is 12.9. The summed E-state index contributed by atoms with van der Waals surface area (Å²) in [5, 5.41) is 0. The molecule has 1 spiro atoms. The molecule has 0 saturated carbocycles. The summed E-state index contributed by atoms with van der Waals surface area (Å²) >= 11 is 0. The Morgan fingerprint density at radius 3 is 1.35 bits per heavy atom. The Morgan fingerprint density at radius 2 is 0.977 bits per heavy atom. The van der Waals surface area contributed by atoms with Crippen LogP contribution in [0.1, 0.15) is 110 Å². The molecule has 8 heteroatoms. The smallest absolute Gasteiger partial charge is 0.397 e. The molecule has 2 aromatic rings. The fraction of sp³-hybridized carbons (Fsp3) is 0.657. The molecule has 0 aliphatic carbocycles. The van der Waals surface area contributed by atoms with Crippen molar-refractivity contribution in [2.75, 3.05) is 26.4 Å². The summed E-state index contributed by atoms with van der Waals surface area (Å²) in [6.07, 6.45) is 0.938. The van der Waals surface area contributed by atoms with E-state index in [4.69, 9.17) is 27.1 Å². The van der Waals surface area contributed by atoms with Gasteiger partial charge in [0.1, 0.15) is 11.5 Å². The van der Waals surface area contributed by atoms with E-state index in [1.807, 2.05) is 0 Å². The molecule has 2 saturated heterocycles. The van der Waals surface area contributed by atoms with E-state index in [0.29, 0.717) is 32.3 Å². The number of hydrogen-bond acceptors (Lipinski definition) is 6. The topological polar surface area (TPSA) is 55.4 Å². The van der Waals surface area contributed by atoms with Crippen LogP contribution in [-0.2, 0) is 40.8 Å². The van der Waals surface area contributed by atoms with Crippen LogP contribution in [0, 0.1) is 25.2 Å². The Bertz CT molecular complexity index is 1230. The van der Waals surface area contributed by atoms with Gasteiger partial charge in [0.2, 0.25) is 0 Å². The highest BCUT2D eigenvalue weighted by Crippen LogP contribution is 2.56. The number of aryl methyl sites for hydroxylation is 2. The maximum atomic E-state index is 6.58. The Labute approximate surface area is 263 Å². The number of benzene rings is 2. The minimum Gasteiger partial charge on any atom is -0.426 e. The van der Waals surface area contributed by atoms with E-state index < -0.39 is 22.6 Å². The summed E-state index contributed by atoms with van der Waals surface area (Å²) in [5.74, 6) is 2.30. The van der Waals surface area contributed by atoms with Gasteiger partial charge in [-0.25, -0.2) is 0 Å². The zero-order chi connectivity index (χ0) is 32.0.